The Hall–Kier alpha value is -0.910. The van der Waals surface area contributed by atoms with Gasteiger partial charge in [-0.05, 0) is 37.8 Å². The predicted octanol–water partition coefficient (Wildman–Crippen LogP) is 6.02. The Morgan fingerprint density at radius 1 is 1.29 bits per heavy atom. The molecule has 116 valence electrons. The third kappa shape index (κ3) is 7.07. The monoisotopic (exact) mass is 304 g/mol. The number of hydrogen-bond acceptors (Lipinski definition) is 1. The molecular formula is C19H29OP. The number of allylic oxidation sites excluding steroid dienone is 8. The average molecular weight is 304 g/mol. The van der Waals surface area contributed by atoms with Gasteiger partial charge in [0.1, 0.15) is 0 Å². The number of rotatable bonds is 6. The maximum Gasteiger partial charge on any atom is 0.0759 e. The molecular weight excluding hydrogens is 275 g/mol. The molecule has 0 N–H and O–H groups in total. The van der Waals surface area contributed by atoms with Gasteiger partial charge in [-0.1, -0.05) is 62.0 Å². The van der Waals surface area contributed by atoms with E-state index in [-0.39, 0.29) is 8.15 Å². The lowest BCUT2D eigenvalue weighted by Gasteiger charge is -2.25. The van der Waals surface area contributed by atoms with Gasteiger partial charge in [0.05, 0.1) is 6.61 Å². The van der Waals surface area contributed by atoms with Crippen LogP contribution in [0.15, 0.2) is 59.3 Å². The second-order valence-corrected chi connectivity index (χ2v) is 7.60. The van der Waals surface area contributed by atoms with Crippen LogP contribution in [0.2, 0.25) is 0 Å². The molecule has 2 heteroatoms. The molecule has 0 saturated heterocycles. The third-order valence-electron chi connectivity index (χ3n) is 3.29. The van der Waals surface area contributed by atoms with Gasteiger partial charge in [0.15, 0.2) is 0 Å². The molecule has 0 aromatic rings. The lowest BCUT2D eigenvalue weighted by Crippen LogP contribution is -2.09. The summed E-state index contributed by atoms with van der Waals surface area (Å²) in [4.78, 5) is 0. The van der Waals surface area contributed by atoms with Gasteiger partial charge in [-0.25, -0.2) is 0 Å². The molecule has 21 heavy (non-hydrogen) atoms. The van der Waals surface area contributed by atoms with E-state index in [1.165, 1.54) is 16.7 Å². The van der Waals surface area contributed by atoms with E-state index in [0.717, 1.165) is 18.9 Å². The van der Waals surface area contributed by atoms with E-state index < -0.39 is 0 Å². The minimum atomic E-state index is -0.376. The fourth-order valence-electron chi connectivity index (χ4n) is 2.09. The zero-order chi connectivity index (χ0) is 15.7. The Bertz CT molecular complexity index is 464. The van der Waals surface area contributed by atoms with E-state index >= 15 is 0 Å². The Kier molecular flexibility index (Phi) is 8.57. The van der Waals surface area contributed by atoms with Crippen molar-refractivity contribution in [1.29, 1.82) is 0 Å². The van der Waals surface area contributed by atoms with Crippen LogP contribution < -0.4 is 0 Å². The summed E-state index contributed by atoms with van der Waals surface area (Å²) in [5.74, 6) is 0.596. The molecule has 1 heterocycles. The molecule has 1 aliphatic rings. The minimum absolute atomic E-state index is 0.376. The van der Waals surface area contributed by atoms with Crippen LogP contribution in [0, 0.1) is 5.92 Å². The Labute approximate surface area is 132 Å². The SMILES string of the molecule is C\C=C/C(=C\C=C\C)CP1CC(C)=C(/C=C\C(C)C)CO1. The zero-order valence-electron chi connectivity index (χ0n) is 14.1. The Morgan fingerprint density at radius 2 is 2.05 bits per heavy atom. The van der Waals surface area contributed by atoms with Gasteiger partial charge < -0.3 is 4.52 Å². The van der Waals surface area contributed by atoms with E-state index in [4.69, 9.17) is 4.52 Å². The van der Waals surface area contributed by atoms with Crippen LogP contribution in [0.4, 0.5) is 0 Å². The van der Waals surface area contributed by atoms with Gasteiger partial charge in [-0.15, -0.1) is 0 Å². The summed E-state index contributed by atoms with van der Waals surface area (Å²) in [6.45, 7) is 11.6. The van der Waals surface area contributed by atoms with Crippen molar-refractivity contribution in [3.05, 3.63) is 59.3 Å². The van der Waals surface area contributed by atoms with Gasteiger partial charge in [0.25, 0.3) is 0 Å². The maximum absolute atomic E-state index is 6.11. The van der Waals surface area contributed by atoms with Gasteiger partial charge in [-0.2, -0.15) is 0 Å². The van der Waals surface area contributed by atoms with Gasteiger partial charge in [0, 0.05) is 20.5 Å². The van der Waals surface area contributed by atoms with E-state index in [1.54, 1.807) is 0 Å². The van der Waals surface area contributed by atoms with E-state index in [1.807, 2.05) is 6.92 Å². The summed E-state index contributed by atoms with van der Waals surface area (Å²) in [5.41, 5.74) is 4.22. The lowest BCUT2D eigenvalue weighted by molar-refractivity contribution is 0.388. The van der Waals surface area contributed by atoms with Crippen LogP contribution in [-0.2, 0) is 4.52 Å². The minimum Gasteiger partial charge on any atom is -0.354 e. The van der Waals surface area contributed by atoms with Gasteiger partial charge in [-0.3, -0.25) is 0 Å². The van der Waals surface area contributed by atoms with Crippen molar-refractivity contribution >= 4 is 8.15 Å². The molecule has 0 fully saturated rings. The summed E-state index contributed by atoms with van der Waals surface area (Å²) in [7, 11) is -0.376. The first-order valence-electron chi connectivity index (χ1n) is 7.76. The smallest absolute Gasteiger partial charge is 0.0759 e. The molecule has 1 nitrogen and oxygen atoms in total. The quantitative estimate of drug-likeness (QED) is 0.430. The second-order valence-electron chi connectivity index (χ2n) is 5.75. The molecule has 1 unspecified atom stereocenters. The van der Waals surface area contributed by atoms with Crippen molar-refractivity contribution in [2.45, 2.75) is 34.6 Å². The average Bonchev–Trinajstić information content (AvgIpc) is 2.44. The van der Waals surface area contributed by atoms with Crippen LogP contribution in [0.1, 0.15) is 34.6 Å². The highest BCUT2D eigenvalue weighted by atomic mass is 31.1. The fourth-order valence-corrected chi connectivity index (χ4v) is 4.06. The van der Waals surface area contributed by atoms with Crippen LogP contribution in [0.25, 0.3) is 0 Å². The van der Waals surface area contributed by atoms with Crippen molar-refractivity contribution in [1.82, 2.24) is 0 Å². The molecule has 1 aliphatic heterocycles. The van der Waals surface area contributed by atoms with E-state index in [9.17, 15) is 0 Å². The summed E-state index contributed by atoms with van der Waals surface area (Å²) in [6, 6.07) is 0. The number of hydrogen-bond donors (Lipinski definition) is 0. The van der Waals surface area contributed by atoms with Crippen molar-refractivity contribution in [3.8, 4) is 0 Å². The third-order valence-corrected chi connectivity index (χ3v) is 5.33. The molecule has 0 spiro atoms. The van der Waals surface area contributed by atoms with Gasteiger partial charge in [0.2, 0.25) is 0 Å². The van der Waals surface area contributed by atoms with Gasteiger partial charge >= 0.3 is 0 Å². The normalized spacial score (nSPS) is 21.6. The highest BCUT2D eigenvalue weighted by Crippen LogP contribution is 2.45. The molecule has 0 aromatic heterocycles. The van der Waals surface area contributed by atoms with Crippen molar-refractivity contribution in [2.24, 2.45) is 5.92 Å². The maximum atomic E-state index is 6.11. The largest absolute Gasteiger partial charge is 0.354 e. The first-order valence-corrected chi connectivity index (χ1v) is 9.39. The zero-order valence-corrected chi connectivity index (χ0v) is 15.0. The van der Waals surface area contributed by atoms with Crippen molar-refractivity contribution in [2.75, 3.05) is 18.9 Å². The highest BCUT2D eigenvalue weighted by Gasteiger charge is 2.18. The second kappa shape index (κ2) is 9.92. The molecule has 0 bridgehead atoms. The lowest BCUT2D eigenvalue weighted by atomic mass is 10.1. The van der Waals surface area contributed by atoms with E-state index in [2.05, 4.69) is 70.2 Å². The summed E-state index contributed by atoms with van der Waals surface area (Å²) in [5, 5.41) is 0. The van der Waals surface area contributed by atoms with Crippen LogP contribution in [0.5, 0.6) is 0 Å². The first-order chi connectivity index (χ1) is 10.1. The fraction of sp³-hybridized carbons (Fsp3) is 0.474. The van der Waals surface area contributed by atoms with Crippen LogP contribution in [-0.4, -0.2) is 18.9 Å². The van der Waals surface area contributed by atoms with Crippen molar-refractivity contribution in [3.63, 3.8) is 0 Å². The molecule has 0 aliphatic carbocycles. The molecule has 1 atom stereocenters. The predicted molar refractivity (Wildman–Crippen MR) is 97.0 cm³/mol. The standard InChI is InChI=1S/C19H29OP/c1-6-8-10-18(9-7-2)15-21-14-17(5)19(13-20-21)12-11-16(3)4/h6-12,16H,13-15H2,1-5H3/b8-6+,9-7-,12-11-,18-10+. The van der Waals surface area contributed by atoms with Crippen molar-refractivity contribution < 1.29 is 4.52 Å². The summed E-state index contributed by atoms with van der Waals surface area (Å²) >= 11 is 0. The summed E-state index contributed by atoms with van der Waals surface area (Å²) < 4.78 is 6.11. The van der Waals surface area contributed by atoms with Crippen LogP contribution >= 0.6 is 8.15 Å². The molecule has 0 saturated carbocycles. The van der Waals surface area contributed by atoms with E-state index in [0.29, 0.717) is 5.92 Å². The molecule has 0 amide bonds. The topological polar surface area (TPSA) is 9.23 Å². The first kappa shape index (κ1) is 18.1. The Morgan fingerprint density at radius 3 is 2.62 bits per heavy atom. The molecule has 1 rings (SSSR count). The summed E-state index contributed by atoms with van der Waals surface area (Å²) in [6.07, 6.45) is 17.3. The molecule has 0 aromatic carbocycles. The van der Waals surface area contributed by atoms with Crippen LogP contribution in [0.3, 0.4) is 0 Å². The highest BCUT2D eigenvalue weighted by molar-refractivity contribution is 7.53. The molecule has 0 radical (unpaired) electrons. The Balaban J connectivity index is 2.69.